The van der Waals surface area contributed by atoms with E-state index in [9.17, 15) is 14.4 Å². The van der Waals surface area contributed by atoms with Crippen LogP contribution >= 0.6 is 0 Å². The molecule has 2 aromatic heterocycles. The fourth-order valence-corrected chi connectivity index (χ4v) is 2.56. The van der Waals surface area contributed by atoms with E-state index in [4.69, 9.17) is 19.2 Å². The molecule has 1 N–H and O–H groups in total. The normalized spacial score (nSPS) is 10.4. The monoisotopic (exact) mass is 410 g/mol. The van der Waals surface area contributed by atoms with Crippen LogP contribution in [0, 0.1) is 11.3 Å². The molecule has 3 rings (SSSR count). The van der Waals surface area contributed by atoms with E-state index < -0.39 is 18.0 Å². The highest BCUT2D eigenvalue weighted by Gasteiger charge is 2.25. The molecular weight excluding hydrogens is 392 g/mol. The Balaban J connectivity index is 1.96. The van der Waals surface area contributed by atoms with Crippen molar-refractivity contribution in [3.05, 3.63) is 47.2 Å². The predicted octanol–water partition coefficient (Wildman–Crippen LogP) is 3.32. The molecule has 2 heterocycles. The first kappa shape index (κ1) is 20.6. The first-order chi connectivity index (χ1) is 14.5. The summed E-state index contributed by atoms with van der Waals surface area (Å²) in [6, 6.07) is 9.21. The van der Waals surface area contributed by atoms with Crippen molar-refractivity contribution in [2.24, 2.45) is 0 Å². The van der Waals surface area contributed by atoms with Gasteiger partial charge in [-0.15, -0.1) is 5.10 Å². The molecule has 0 spiro atoms. The SMILES string of the molecule is CCCOC(=O)c1cc2c(o1)c(NC(=O)c1ccc(C#N)cc1)nn2C(=O)OCC. The van der Waals surface area contributed by atoms with Crippen LogP contribution in [0.5, 0.6) is 0 Å². The number of furan rings is 1. The number of amides is 1. The average molecular weight is 410 g/mol. The lowest BCUT2D eigenvalue weighted by Crippen LogP contribution is -2.17. The van der Waals surface area contributed by atoms with Crippen LogP contribution in [0.2, 0.25) is 0 Å². The number of anilines is 1. The quantitative estimate of drug-likeness (QED) is 0.611. The minimum Gasteiger partial charge on any atom is -0.460 e. The molecular formula is C20H18N4O6. The van der Waals surface area contributed by atoms with Crippen LogP contribution in [-0.4, -0.2) is 41.0 Å². The van der Waals surface area contributed by atoms with E-state index in [1.807, 2.05) is 13.0 Å². The summed E-state index contributed by atoms with van der Waals surface area (Å²) in [4.78, 5) is 36.9. The Hall–Kier alpha value is -4.13. The van der Waals surface area contributed by atoms with Crippen molar-refractivity contribution < 1.29 is 28.3 Å². The number of nitrogens with zero attached hydrogens (tertiary/aromatic N) is 3. The maximum atomic E-state index is 12.6. The van der Waals surface area contributed by atoms with E-state index >= 15 is 0 Å². The van der Waals surface area contributed by atoms with Gasteiger partial charge in [0.15, 0.2) is 11.4 Å². The highest BCUT2D eigenvalue weighted by Crippen LogP contribution is 2.28. The Bertz CT molecular complexity index is 1140. The van der Waals surface area contributed by atoms with E-state index in [-0.39, 0.29) is 41.5 Å². The second-order valence-electron chi connectivity index (χ2n) is 6.06. The zero-order valence-electron chi connectivity index (χ0n) is 16.3. The number of esters is 1. The predicted molar refractivity (Wildman–Crippen MR) is 104 cm³/mol. The Labute approximate surface area is 171 Å². The molecule has 0 aliphatic heterocycles. The number of nitriles is 1. The topological polar surface area (TPSA) is 136 Å². The molecule has 1 amide bonds. The molecule has 1 aromatic carbocycles. The van der Waals surface area contributed by atoms with Crippen molar-refractivity contribution in [3.63, 3.8) is 0 Å². The van der Waals surface area contributed by atoms with Gasteiger partial charge in [0, 0.05) is 11.6 Å². The van der Waals surface area contributed by atoms with Gasteiger partial charge in [-0.3, -0.25) is 4.79 Å². The van der Waals surface area contributed by atoms with Gasteiger partial charge < -0.3 is 19.2 Å². The molecule has 154 valence electrons. The zero-order chi connectivity index (χ0) is 21.7. The molecule has 10 nitrogen and oxygen atoms in total. The van der Waals surface area contributed by atoms with Gasteiger partial charge in [-0.2, -0.15) is 9.94 Å². The van der Waals surface area contributed by atoms with E-state index in [1.54, 1.807) is 6.92 Å². The molecule has 10 heteroatoms. The van der Waals surface area contributed by atoms with E-state index in [0.717, 1.165) is 4.68 Å². The highest BCUT2D eigenvalue weighted by molar-refractivity contribution is 6.08. The fraction of sp³-hybridized carbons (Fsp3) is 0.250. The summed E-state index contributed by atoms with van der Waals surface area (Å²) >= 11 is 0. The lowest BCUT2D eigenvalue weighted by atomic mass is 10.1. The number of hydrogen-bond donors (Lipinski definition) is 1. The summed E-state index contributed by atoms with van der Waals surface area (Å²) < 4.78 is 16.4. The summed E-state index contributed by atoms with van der Waals surface area (Å²) in [6.07, 6.45) is -0.162. The first-order valence-electron chi connectivity index (χ1n) is 9.16. The van der Waals surface area contributed by atoms with Gasteiger partial charge >= 0.3 is 12.1 Å². The van der Waals surface area contributed by atoms with Crippen molar-refractivity contribution in [3.8, 4) is 6.07 Å². The molecule has 0 saturated carbocycles. The van der Waals surface area contributed by atoms with Gasteiger partial charge in [0.1, 0.15) is 5.52 Å². The van der Waals surface area contributed by atoms with Crippen LogP contribution in [-0.2, 0) is 9.47 Å². The summed E-state index contributed by atoms with van der Waals surface area (Å²) in [7, 11) is 0. The Morgan fingerprint density at radius 3 is 2.57 bits per heavy atom. The van der Waals surface area contributed by atoms with Crippen LogP contribution in [0.15, 0.2) is 34.7 Å². The fourth-order valence-electron chi connectivity index (χ4n) is 2.56. The number of rotatable bonds is 6. The van der Waals surface area contributed by atoms with Gasteiger partial charge in [-0.05, 0) is 37.6 Å². The maximum Gasteiger partial charge on any atom is 0.435 e. The molecule has 0 saturated heterocycles. The molecule has 0 aliphatic carbocycles. The van der Waals surface area contributed by atoms with Gasteiger partial charge in [-0.1, -0.05) is 6.92 Å². The number of carbonyl (C=O) groups excluding carboxylic acids is 3. The third-order valence-corrected chi connectivity index (χ3v) is 3.94. The van der Waals surface area contributed by atoms with Crippen molar-refractivity contribution >= 4 is 34.9 Å². The van der Waals surface area contributed by atoms with Crippen LogP contribution in [0.1, 0.15) is 46.7 Å². The maximum absolute atomic E-state index is 12.6. The van der Waals surface area contributed by atoms with Crippen molar-refractivity contribution in [1.82, 2.24) is 9.78 Å². The van der Waals surface area contributed by atoms with E-state index in [2.05, 4.69) is 10.4 Å². The van der Waals surface area contributed by atoms with Crippen molar-refractivity contribution in [1.29, 1.82) is 5.26 Å². The number of benzene rings is 1. The Kier molecular flexibility index (Phi) is 6.12. The third-order valence-electron chi connectivity index (χ3n) is 3.94. The summed E-state index contributed by atoms with van der Waals surface area (Å²) in [5.74, 6) is -1.45. The number of fused-ring (bicyclic) bond motifs is 1. The van der Waals surface area contributed by atoms with Gasteiger partial charge in [0.05, 0.1) is 24.8 Å². The second-order valence-corrected chi connectivity index (χ2v) is 6.06. The lowest BCUT2D eigenvalue weighted by Gasteiger charge is -2.03. The van der Waals surface area contributed by atoms with Crippen LogP contribution in [0.3, 0.4) is 0 Å². The molecule has 3 aromatic rings. The standard InChI is InChI=1S/C20H18N4O6/c1-3-9-29-19(26)15-10-14-16(30-15)17(23-24(14)20(27)28-4-2)22-18(25)13-7-5-12(11-21)6-8-13/h5-8,10H,3-4,9H2,1-2H3,(H,22,23,25). The molecule has 0 unspecified atom stereocenters. The van der Waals surface area contributed by atoms with Gasteiger partial charge in [0.25, 0.3) is 5.91 Å². The minimum absolute atomic E-state index is 0.0218. The summed E-state index contributed by atoms with van der Waals surface area (Å²) in [5.41, 5.74) is 0.837. The van der Waals surface area contributed by atoms with E-state index in [0.29, 0.717) is 12.0 Å². The second kappa shape index (κ2) is 8.91. The number of carbonyl (C=O) groups is 3. The number of aromatic nitrogens is 2. The Morgan fingerprint density at radius 1 is 1.20 bits per heavy atom. The number of hydrogen-bond acceptors (Lipinski definition) is 8. The minimum atomic E-state index is -0.796. The van der Waals surface area contributed by atoms with Gasteiger partial charge in [-0.25, -0.2) is 9.59 Å². The average Bonchev–Trinajstić information content (AvgIpc) is 3.32. The molecule has 30 heavy (non-hydrogen) atoms. The zero-order valence-corrected chi connectivity index (χ0v) is 16.3. The number of ether oxygens (including phenoxy) is 2. The molecule has 0 radical (unpaired) electrons. The van der Waals surface area contributed by atoms with E-state index in [1.165, 1.54) is 30.3 Å². The van der Waals surface area contributed by atoms with Gasteiger partial charge in [0.2, 0.25) is 5.76 Å². The molecule has 0 atom stereocenters. The molecule has 0 bridgehead atoms. The Morgan fingerprint density at radius 2 is 1.93 bits per heavy atom. The molecule has 0 aliphatic rings. The van der Waals surface area contributed by atoms with Crippen LogP contribution in [0.25, 0.3) is 11.1 Å². The third kappa shape index (κ3) is 4.15. The number of nitrogens with one attached hydrogen (secondary N) is 1. The summed E-state index contributed by atoms with van der Waals surface area (Å²) in [6.45, 7) is 3.80. The van der Waals surface area contributed by atoms with Crippen molar-refractivity contribution in [2.75, 3.05) is 18.5 Å². The molecule has 0 fully saturated rings. The summed E-state index contributed by atoms with van der Waals surface area (Å²) in [5, 5.41) is 15.4. The first-order valence-corrected chi connectivity index (χ1v) is 9.16. The largest absolute Gasteiger partial charge is 0.460 e. The smallest absolute Gasteiger partial charge is 0.435 e. The lowest BCUT2D eigenvalue weighted by molar-refractivity contribution is 0.0471. The highest BCUT2D eigenvalue weighted by atomic mass is 16.6. The van der Waals surface area contributed by atoms with Crippen molar-refractivity contribution in [2.45, 2.75) is 20.3 Å². The van der Waals surface area contributed by atoms with Crippen LogP contribution in [0.4, 0.5) is 10.6 Å². The van der Waals surface area contributed by atoms with Crippen LogP contribution < -0.4 is 5.32 Å².